The van der Waals surface area contributed by atoms with Crippen LogP contribution in [0, 0.1) is 0 Å². The van der Waals surface area contributed by atoms with Gasteiger partial charge in [0.25, 0.3) is 0 Å². The predicted octanol–water partition coefficient (Wildman–Crippen LogP) is 4.53. The first-order valence-electron chi connectivity index (χ1n) is 6.89. The van der Waals surface area contributed by atoms with Crippen molar-refractivity contribution in [2.24, 2.45) is 0 Å². The number of amides is 2. The van der Waals surface area contributed by atoms with Gasteiger partial charge in [-0.3, -0.25) is 0 Å². The highest BCUT2D eigenvalue weighted by molar-refractivity contribution is 6.35. The van der Waals surface area contributed by atoms with Crippen LogP contribution in [0.25, 0.3) is 0 Å². The Morgan fingerprint density at radius 2 is 1.78 bits per heavy atom. The molecule has 0 radical (unpaired) electrons. The van der Waals surface area contributed by atoms with Crippen LogP contribution in [0.1, 0.15) is 5.56 Å². The molecule has 2 amide bonds. The van der Waals surface area contributed by atoms with E-state index in [1.54, 1.807) is 18.2 Å². The Kier molecular flexibility index (Phi) is 6.84. The fourth-order valence-corrected chi connectivity index (χ4v) is 2.54. The van der Waals surface area contributed by atoms with Crippen LogP contribution in [-0.4, -0.2) is 19.3 Å². The molecule has 0 unspecified atom stereocenters. The topological polar surface area (TPSA) is 50.4 Å². The van der Waals surface area contributed by atoms with E-state index in [-0.39, 0.29) is 12.8 Å². The molecule has 0 aliphatic heterocycles. The van der Waals surface area contributed by atoms with E-state index in [0.29, 0.717) is 33.8 Å². The molecule has 7 heteroatoms. The van der Waals surface area contributed by atoms with E-state index in [0.717, 1.165) is 5.56 Å². The van der Waals surface area contributed by atoms with Crippen LogP contribution >= 0.6 is 34.8 Å². The minimum Gasteiger partial charge on any atom is -0.472 e. The van der Waals surface area contributed by atoms with E-state index in [9.17, 15) is 4.79 Å². The predicted molar refractivity (Wildman–Crippen MR) is 93.6 cm³/mol. The Labute approximate surface area is 149 Å². The zero-order chi connectivity index (χ0) is 16.7. The quantitative estimate of drug-likeness (QED) is 0.731. The zero-order valence-electron chi connectivity index (χ0n) is 12.1. The zero-order valence-corrected chi connectivity index (χ0v) is 14.4. The smallest absolute Gasteiger partial charge is 0.317 e. The normalized spacial score (nSPS) is 10.2. The second kappa shape index (κ2) is 8.87. The highest BCUT2D eigenvalue weighted by atomic mass is 35.5. The summed E-state index contributed by atoms with van der Waals surface area (Å²) in [6.07, 6.45) is 0.650. The molecule has 0 bridgehead atoms. The van der Waals surface area contributed by atoms with Gasteiger partial charge in [-0.15, -0.1) is 0 Å². The Morgan fingerprint density at radius 3 is 2.52 bits per heavy atom. The number of hydrogen-bond acceptors (Lipinski definition) is 2. The average Bonchev–Trinajstić information content (AvgIpc) is 2.51. The first kappa shape index (κ1) is 17.7. The number of halogens is 3. The molecule has 0 fully saturated rings. The molecule has 23 heavy (non-hydrogen) atoms. The highest BCUT2D eigenvalue weighted by Gasteiger charge is 2.04. The lowest BCUT2D eigenvalue weighted by atomic mass is 10.1. The van der Waals surface area contributed by atoms with Crippen molar-refractivity contribution < 1.29 is 9.53 Å². The molecule has 0 aliphatic rings. The maximum absolute atomic E-state index is 11.7. The lowest BCUT2D eigenvalue weighted by Crippen LogP contribution is -2.38. The Morgan fingerprint density at radius 1 is 1.00 bits per heavy atom. The largest absolute Gasteiger partial charge is 0.472 e. The third-order valence-electron chi connectivity index (χ3n) is 2.99. The summed E-state index contributed by atoms with van der Waals surface area (Å²) >= 11 is 17.8. The van der Waals surface area contributed by atoms with Gasteiger partial charge in [0.15, 0.2) is 6.73 Å². The van der Waals surface area contributed by atoms with Crippen molar-refractivity contribution in [3.8, 4) is 5.75 Å². The molecule has 122 valence electrons. The molecule has 2 aromatic rings. The van der Waals surface area contributed by atoms with E-state index in [1.807, 2.05) is 24.3 Å². The fourth-order valence-electron chi connectivity index (χ4n) is 1.85. The summed E-state index contributed by atoms with van der Waals surface area (Å²) in [5, 5.41) is 6.90. The molecular formula is C16H15Cl3N2O2. The Bertz CT molecular complexity index is 680. The van der Waals surface area contributed by atoms with Crippen LogP contribution in [0.3, 0.4) is 0 Å². The number of ether oxygens (including phenoxy) is 1. The Hall–Kier alpha value is -1.62. The number of rotatable bonds is 6. The van der Waals surface area contributed by atoms with Crippen molar-refractivity contribution in [1.29, 1.82) is 0 Å². The molecule has 0 heterocycles. The average molecular weight is 374 g/mol. The lowest BCUT2D eigenvalue weighted by molar-refractivity contribution is 0.224. The molecule has 0 atom stereocenters. The third kappa shape index (κ3) is 5.82. The minimum absolute atomic E-state index is 0.000715. The summed E-state index contributed by atoms with van der Waals surface area (Å²) in [5.41, 5.74) is 0.985. The molecular weight excluding hydrogens is 359 g/mol. The first-order valence-corrected chi connectivity index (χ1v) is 8.02. The van der Waals surface area contributed by atoms with E-state index >= 15 is 0 Å². The van der Waals surface area contributed by atoms with Crippen LogP contribution < -0.4 is 15.4 Å². The molecule has 2 rings (SSSR count). The van der Waals surface area contributed by atoms with Gasteiger partial charge in [0, 0.05) is 16.6 Å². The van der Waals surface area contributed by atoms with Gasteiger partial charge in [-0.2, -0.15) is 0 Å². The fraction of sp³-hybridized carbons (Fsp3) is 0.188. The van der Waals surface area contributed by atoms with Crippen molar-refractivity contribution in [3.05, 3.63) is 63.1 Å². The highest BCUT2D eigenvalue weighted by Crippen LogP contribution is 2.27. The molecule has 0 saturated heterocycles. The van der Waals surface area contributed by atoms with Crippen LogP contribution in [0.2, 0.25) is 15.1 Å². The standard InChI is InChI=1S/C16H15Cl3N2O2/c17-12-5-6-15(14(19)9-12)23-10-21-16(22)20-8-7-11-3-1-2-4-13(11)18/h1-6,9H,7-8,10H2,(H2,20,21,22). The van der Waals surface area contributed by atoms with Crippen LogP contribution in [-0.2, 0) is 6.42 Å². The lowest BCUT2D eigenvalue weighted by Gasteiger charge is -2.11. The van der Waals surface area contributed by atoms with Crippen molar-refractivity contribution in [3.63, 3.8) is 0 Å². The summed E-state index contributed by atoms with van der Waals surface area (Å²) in [7, 11) is 0. The van der Waals surface area contributed by atoms with E-state index < -0.39 is 0 Å². The van der Waals surface area contributed by atoms with Gasteiger partial charge in [0.2, 0.25) is 0 Å². The van der Waals surface area contributed by atoms with Crippen molar-refractivity contribution in [2.75, 3.05) is 13.3 Å². The number of carbonyl (C=O) groups excluding carboxylic acids is 1. The van der Waals surface area contributed by atoms with Gasteiger partial charge in [-0.25, -0.2) is 4.79 Å². The number of nitrogens with one attached hydrogen (secondary N) is 2. The van der Waals surface area contributed by atoms with Crippen molar-refractivity contribution >= 4 is 40.8 Å². The molecule has 4 nitrogen and oxygen atoms in total. The molecule has 0 aromatic heterocycles. The second-order valence-electron chi connectivity index (χ2n) is 4.64. The van der Waals surface area contributed by atoms with Crippen molar-refractivity contribution in [2.45, 2.75) is 6.42 Å². The summed E-state index contributed by atoms with van der Waals surface area (Å²) in [6.45, 7) is 0.469. The van der Waals surface area contributed by atoms with Gasteiger partial charge in [-0.1, -0.05) is 53.0 Å². The number of hydrogen-bond donors (Lipinski definition) is 2. The van der Waals surface area contributed by atoms with Crippen molar-refractivity contribution in [1.82, 2.24) is 10.6 Å². The van der Waals surface area contributed by atoms with E-state index in [1.165, 1.54) is 0 Å². The monoisotopic (exact) mass is 372 g/mol. The molecule has 2 aromatic carbocycles. The summed E-state index contributed by atoms with van der Waals surface area (Å²) in [5.74, 6) is 0.451. The maximum atomic E-state index is 11.7. The molecule has 0 saturated carbocycles. The summed E-state index contributed by atoms with van der Waals surface area (Å²) in [4.78, 5) is 11.7. The Balaban J connectivity index is 1.68. The van der Waals surface area contributed by atoms with Gasteiger partial charge in [0.1, 0.15) is 5.75 Å². The van der Waals surface area contributed by atoms with E-state index in [2.05, 4.69) is 10.6 Å². The van der Waals surface area contributed by atoms with Gasteiger partial charge < -0.3 is 15.4 Å². The maximum Gasteiger partial charge on any atom is 0.317 e. The van der Waals surface area contributed by atoms with Gasteiger partial charge in [-0.05, 0) is 36.2 Å². The number of benzene rings is 2. The van der Waals surface area contributed by atoms with Crippen LogP contribution in [0.5, 0.6) is 5.75 Å². The third-order valence-corrected chi connectivity index (χ3v) is 3.89. The molecule has 2 N–H and O–H groups in total. The van der Waals surface area contributed by atoms with Gasteiger partial charge in [0.05, 0.1) is 5.02 Å². The van der Waals surface area contributed by atoms with E-state index in [4.69, 9.17) is 39.5 Å². The second-order valence-corrected chi connectivity index (χ2v) is 5.89. The van der Waals surface area contributed by atoms with Crippen LogP contribution in [0.4, 0.5) is 4.79 Å². The summed E-state index contributed by atoms with van der Waals surface area (Å²) in [6, 6.07) is 12.1. The molecule has 0 aliphatic carbocycles. The SMILES string of the molecule is O=C(NCCc1ccccc1Cl)NCOc1ccc(Cl)cc1Cl. The van der Waals surface area contributed by atoms with Crippen LogP contribution in [0.15, 0.2) is 42.5 Å². The summed E-state index contributed by atoms with van der Waals surface area (Å²) < 4.78 is 5.36. The minimum atomic E-state index is -0.331. The first-order chi connectivity index (χ1) is 11.1. The molecule has 0 spiro atoms. The van der Waals surface area contributed by atoms with Gasteiger partial charge >= 0.3 is 6.03 Å². The number of urea groups is 1. The number of carbonyl (C=O) groups is 1.